The van der Waals surface area contributed by atoms with E-state index in [2.05, 4.69) is 20.6 Å². The number of aromatic nitrogens is 2. The Morgan fingerprint density at radius 3 is 2.44 bits per heavy atom. The van der Waals surface area contributed by atoms with Gasteiger partial charge < -0.3 is 36.1 Å². The van der Waals surface area contributed by atoms with Gasteiger partial charge >= 0.3 is 0 Å². The number of aliphatic hydroxyl groups is 2. The Bertz CT molecular complexity index is 1910. The van der Waals surface area contributed by atoms with E-state index in [-0.39, 0.29) is 42.4 Å². The minimum atomic E-state index is -1.77. The van der Waals surface area contributed by atoms with E-state index < -0.39 is 46.8 Å². The van der Waals surface area contributed by atoms with Crippen LogP contribution in [0.3, 0.4) is 0 Å². The normalized spacial score (nSPS) is 16.8. The van der Waals surface area contributed by atoms with Gasteiger partial charge in [-0.1, -0.05) is 0 Å². The number of amides is 3. The number of nitrogens with zero attached hydrogens (tertiary/aromatic N) is 2. The lowest BCUT2D eigenvalue weighted by atomic mass is 9.81. The molecule has 3 amide bonds. The topological polar surface area (TPSA) is 186 Å². The number of carbonyl (C=O) groups excluding carboxylic acids is 3. The van der Waals surface area contributed by atoms with Crippen LogP contribution in [0.4, 0.5) is 4.39 Å². The minimum Gasteiger partial charge on any atom is -0.489 e. The first-order chi connectivity index (χ1) is 22.5. The fraction of sp³-hybridized carbons (Fsp3) is 0.343. The summed E-state index contributed by atoms with van der Waals surface area (Å²) in [6.45, 7) is 7.36. The second-order valence-corrected chi connectivity index (χ2v) is 13.1. The van der Waals surface area contributed by atoms with E-state index in [1.165, 1.54) is 37.3 Å². The predicted octanol–water partition coefficient (Wildman–Crippen LogP) is 2.78. The number of halogens is 1. The SMILES string of the molecule is Cc1cnc2c(OCC(N)=O)cc(C(=O)NC[C@](C)(O)c3cc4c(c(-c5ccc(F)cc5)n3)OC[C@]4(C)C(=O)NCC(C)(C)O)cc2c1. The molecule has 0 fully saturated rings. The van der Waals surface area contributed by atoms with E-state index in [4.69, 9.17) is 15.2 Å². The zero-order valence-corrected chi connectivity index (χ0v) is 27.3. The average Bonchev–Trinajstić information content (AvgIpc) is 3.38. The summed E-state index contributed by atoms with van der Waals surface area (Å²) in [6, 6.07) is 12.0. The Hall–Kier alpha value is -5.14. The molecule has 6 N–H and O–H groups in total. The maximum atomic E-state index is 13.8. The van der Waals surface area contributed by atoms with Gasteiger partial charge in [0, 0.05) is 34.8 Å². The summed E-state index contributed by atoms with van der Waals surface area (Å²) in [5, 5.41) is 28.0. The lowest BCUT2D eigenvalue weighted by molar-refractivity contribution is -0.127. The monoisotopic (exact) mass is 659 g/mol. The first kappa shape index (κ1) is 34.2. The number of benzene rings is 2. The van der Waals surface area contributed by atoms with Crippen molar-refractivity contribution >= 4 is 28.6 Å². The predicted molar refractivity (Wildman–Crippen MR) is 175 cm³/mol. The highest BCUT2D eigenvalue weighted by molar-refractivity contribution is 6.00. The Balaban J connectivity index is 1.49. The number of hydrogen-bond donors (Lipinski definition) is 5. The number of nitrogens with one attached hydrogen (secondary N) is 2. The van der Waals surface area contributed by atoms with Gasteiger partial charge in [0.05, 0.1) is 17.8 Å². The molecule has 252 valence electrons. The molecule has 0 bridgehead atoms. The van der Waals surface area contributed by atoms with Crippen LogP contribution in [0, 0.1) is 12.7 Å². The van der Waals surface area contributed by atoms with Crippen molar-refractivity contribution in [2.45, 2.75) is 51.2 Å². The third kappa shape index (κ3) is 7.21. The molecular formula is C35H38FN5O7. The van der Waals surface area contributed by atoms with Gasteiger partial charge in [-0.15, -0.1) is 0 Å². The van der Waals surface area contributed by atoms with E-state index in [0.717, 1.165) is 5.56 Å². The summed E-state index contributed by atoms with van der Waals surface area (Å²) < 4.78 is 25.4. The quantitative estimate of drug-likeness (QED) is 0.161. The van der Waals surface area contributed by atoms with Crippen molar-refractivity contribution in [1.29, 1.82) is 0 Å². The van der Waals surface area contributed by atoms with E-state index in [0.29, 0.717) is 27.8 Å². The van der Waals surface area contributed by atoms with Crippen LogP contribution < -0.4 is 25.8 Å². The zero-order valence-electron chi connectivity index (χ0n) is 27.3. The van der Waals surface area contributed by atoms with Crippen LogP contribution in [-0.4, -0.2) is 69.8 Å². The standard InChI is InChI=1S/C35H38FN5O7/c1-19-10-21-11-22(12-25(28(21)38-14-19)47-15-27(37)42)31(43)39-17-35(5,46)26-13-24-30(29(41-26)20-6-8-23(36)9-7-20)48-18-34(24,4)32(44)40-16-33(2,3)45/h6-14,45-46H,15-18H2,1-5H3,(H2,37,42)(H,39,43)(H,40,44)/t34-,35-/m0/s1. The van der Waals surface area contributed by atoms with E-state index >= 15 is 0 Å². The summed E-state index contributed by atoms with van der Waals surface area (Å²) in [7, 11) is 0. The number of ether oxygens (including phenoxy) is 2. The van der Waals surface area contributed by atoms with Crippen molar-refractivity contribution in [1.82, 2.24) is 20.6 Å². The van der Waals surface area contributed by atoms with Crippen molar-refractivity contribution < 1.29 is 38.5 Å². The molecular weight excluding hydrogens is 621 g/mol. The third-order valence-corrected chi connectivity index (χ3v) is 8.03. The molecule has 0 saturated heterocycles. The highest BCUT2D eigenvalue weighted by atomic mass is 19.1. The number of carbonyl (C=O) groups is 3. The van der Waals surface area contributed by atoms with Crippen molar-refractivity contribution in [2.24, 2.45) is 5.73 Å². The molecule has 0 radical (unpaired) electrons. The fourth-order valence-electron chi connectivity index (χ4n) is 5.30. The van der Waals surface area contributed by atoms with E-state index in [1.807, 2.05) is 13.0 Å². The first-order valence-electron chi connectivity index (χ1n) is 15.2. The summed E-state index contributed by atoms with van der Waals surface area (Å²) in [4.78, 5) is 47.4. The maximum Gasteiger partial charge on any atom is 0.255 e. The molecule has 12 nitrogen and oxygen atoms in total. The van der Waals surface area contributed by atoms with Crippen LogP contribution in [0.5, 0.6) is 11.5 Å². The Labute approximate surface area is 276 Å². The van der Waals surface area contributed by atoms with Crippen LogP contribution in [-0.2, 0) is 20.6 Å². The van der Waals surface area contributed by atoms with Crippen molar-refractivity contribution in [2.75, 3.05) is 26.3 Å². The molecule has 4 aromatic rings. The van der Waals surface area contributed by atoms with E-state index in [1.54, 1.807) is 39.1 Å². The van der Waals surface area contributed by atoms with Crippen molar-refractivity contribution in [3.8, 4) is 22.8 Å². The highest BCUT2D eigenvalue weighted by Gasteiger charge is 2.46. The summed E-state index contributed by atoms with van der Waals surface area (Å²) in [5.74, 6) is -1.63. The van der Waals surface area contributed by atoms with Crippen LogP contribution in [0.25, 0.3) is 22.2 Å². The summed E-state index contributed by atoms with van der Waals surface area (Å²) >= 11 is 0. The molecule has 1 aliphatic rings. The lowest BCUT2D eigenvalue weighted by Gasteiger charge is -2.28. The molecule has 2 aromatic carbocycles. The molecule has 13 heteroatoms. The number of aryl methyl sites for hydroxylation is 1. The number of nitrogens with two attached hydrogens (primary N) is 1. The van der Waals surface area contributed by atoms with Crippen molar-refractivity contribution in [3.05, 3.63) is 82.9 Å². The smallest absolute Gasteiger partial charge is 0.255 e. The average molecular weight is 660 g/mol. The maximum absolute atomic E-state index is 13.8. The highest BCUT2D eigenvalue weighted by Crippen LogP contribution is 2.45. The van der Waals surface area contributed by atoms with E-state index in [9.17, 15) is 29.0 Å². The Morgan fingerprint density at radius 2 is 1.77 bits per heavy atom. The largest absolute Gasteiger partial charge is 0.489 e. The molecule has 0 unspecified atom stereocenters. The summed E-state index contributed by atoms with van der Waals surface area (Å²) in [5.41, 5.74) is 3.88. The lowest BCUT2D eigenvalue weighted by Crippen LogP contribution is -2.48. The number of fused-ring (bicyclic) bond motifs is 2. The van der Waals surface area contributed by atoms with Crippen LogP contribution in [0.1, 0.15) is 54.9 Å². The minimum absolute atomic E-state index is 0.0110. The van der Waals surface area contributed by atoms with Gasteiger partial charge in [0.15, 0.2) is 6.61 Å². The zero-order chi connectivity index (χ0) is 35.0. The molecule has 0 saturated carbocycles. The van der Waals surface area contributed by atoms with Gasteiger partial charge in [-0.05, 0) is 88.7 Å². The molecule has 5 rings (SSSR count). The molecule has 1 aliphatic heterocycles. The van der Waals surface area contributed by atoms with Crippen LogP contribution in [0.15, 0.2) is 54.7 Å². The van der Waals surface area contributed by atoms with Crippen LogP contribution in [0.2, 0.25) is 0 Å². The number of hydrogen-bond acceptors (Lipinski definition) is 9. The molecule has 2 aromatic heterocycles. The molecule has 48 heavy (non-hydrogen) atoms. The Kier molecular flexibility index (Phi) is 9.13. The number of primary amides is 1. The third-order valence-electron chi connectivity index (χ3n) is 8.03. The van der Waals surface area contributed by atoms with Gasteiger partial charge in [0.1, 0.15) is 46.1 Å². The van der Waals surface area contributed by atoms with Gasteiger partial charge in [-0.25, -0.2) is 9.37 Å². The second kappa shape index (κ2) is 12.8. The van der Waals surface area contributed by atoms with Gasteiger partial charge in [0.2, 0.25) is 5.91 Å². The summed E-state index contributed by atoms with van der Waals surface area (Å²) in [6.07, 6.45) is 1.63. The molecule has 2 atom stereocenters. The first-order valence-corrected chi connectivity index (χ1v) is 15.2. The van der Waals surface area contributed by atoms with Gasteiger partial charge in [-0.2, -0.15) is 0 Å². The van der Waals surface area contributed by atoms with Crippen molar-refractivity contribution in [3.63, 3.8) is 0 Å². The molecule has 0 spiro atoms. The second-order valence-electron chi connectivity index (χ2n) is 13.1. The molecule has 0 aliphatic carbocycles. The number of pyridine rings is 2. The fourth-order valence-corrected chi connectivity index (χ4v) is 5.30. The molecule has 3 heterocycles. The van der Waals surface area contributed by atoms with Gasteiger partial charge in [0.25, 0.3) is 11.8 Å². The van der Waals surface area contributed by atoms with Gasteiger partial charge in [-0.3, -0.25) is 19.4 Å². The number of rotatable bonds is 11. The Morgan fingerprint density at radius 1 is 1.06 bits per heavy atom. The van der Waals surface area contributed by atoms with Crippen LogP contribution >= 0.6 is 0 Å².